The summed E-state index contributed by atoms with van der Waals surface area (Å²) in [6.45, 7) is 0.961. The molecule has 0 saturated carbocycles. The van der Waals surface area contributed by atoms with Gasteiger partial charge >= 0.3 is 0 Å². The van der Waals surface area contributed by atoms with Crippen LogP contribution in [-0.4, -0.2) is 31.9 Å². The molecule has 132 valence electrons. The lowest BCUT2D eigenvalue weighted by Crippen LogP contribution is -2.15. The normalized spacial score (nSPS) is 10.6. The lowest BCUT2D eigenvalue weighted by Gasteiger charge is -2.05. The summed E-state index contributed by atoms with van der Waals surface area (Å²) in [6, 6.07) is 9.38. The Labute approximate surface area is 146 Å². The SMILES string of the molecule is CC(=O)Nc1ccc(C(=O)Cn2nnc(-c3cccc(F)c3)n2)c(F)c1. The first-order chi connectivity index (χ1) is 12.4. The van der Waals surface area contributed by atoms with Gasteiger partial charge in [0.15, 0.2) is 5.78 Å². The van der Waals surface area contributed by atoms with Gasteiger partial charge in [-0.05, 0) is 35.5 Å². The summed E-state index contributed by atoms with van der Waals surface area (Å²) in [6.07, 6.45) is 0. The minimum absolute atomic E-state index is 0.152. The van der Waals surface area contributed by atoms with Crippen molar-refractivity contribution in [2.45, 2.75) is 13.5 Å². The summed E-state index contributed by atoms with van der Waals surface area (Å²) in [5, 5.41) is 13.9. The van der Waals surface area contributed by atoms with Crippen LogP contribution in [0.4, 0.5) is 14.5 Å². The Morgan fingerprint density at radius 2 is 1.96 bits per heavy atom. The highest BCUT2D eigenvalue weighted by Gasteiger charge is 2.15. The summed E-state index contributed by atoms with van der Waals surface area (Å²) in [5.41, 5.74) is 0.497. The second kappa shape index (κ2) is 7.18. The smallest absolute Gasteiger partial charge is 0.221 e. The maximum absolute atomic E-state index is 14.1. The van der Waals surface area contributed by atoms with Crippen LogP contribution in [-0.2, 0) is 11.3 Å². The van der Waals surface area contributed by atoms with Gasteiger partial charge < -0.3 is 5.32 Å². The topological polar surface area (TPSA) is 89.8 Å². The first kappa shape index (κ1) is 17.3. The van der Waals surface area contributed by atoms with E-state index in [-0.39, 0.29) is 29.5 Å². The molecule has 0 radical (unpaired) electrons. The van der Waals surface area contributed by atoms with Crippen LogP contribution >= 0.6 is 0 Å². The fourth-order valence-corrected chi connectivity index (χ4v) is 2.29. The van der Waals surface area contributed by atoms with Gasteiger partial charge in [-0.2, -0.15) is 4.80 Å². The largest absolute Gasteiger partial charge is 0.326 e. The van der Waals surface area contributed by atoms with E-state index < -0.39 is 17.4 Å². The molecule has 0 aliphatic rings. The van der Waals surface area contributed by atoms with Crippen LogP contribution in [0.1, 0.15) is 17.3 Å². The second-order valence-electron chi connectivity index (χ2n) is 5.45. The highest BCUT2D eigenvalue weighted by molar-refractivity contribution is 5.97. The number of nitrogens with zero attached hydrogens (tertiary/aromatic N) is 4. The first-order valence-electron chi connectivity index (χ1n) is 7.56. The number of tetrazole rings is 1. The van der Waals surface area contributed by atoms with Crippen LogP contribution in [0, 0.1) is 11.6 Å². The molecule has 0 aliphatic heterocycles. The molecule has 0 spiro atoms. The molecule has 1 aromatic heterocycles. The van der Waals surface area contributed by atoms with Crippen LogP contribution in [0.25, 0.3) is 11.4 Å². The first-order valence-corrected chi connectivity index (χ1v) is 7.56. The molecule has 0 atom stereocenters. The van der Waals surface area contributed by atoms with E-state index in [4.69, 9.17) is 0 Å². The molecule has 0 unspecified atom stereocenters. The number of halogens is 2. The molecular weight excluding hydrogens is 344 g/mol. The van der Waals surface area contributed by atoms with Crippen LogP contribution in [0.15, 0.2) is 42.5 Å². The number of hydrogen-bond acceptors (Lipinski definition) is 5. The number of benzene rings is 2. The van der Waals surface area contributed by atoms with Crippen LogP contribution < -0.4 is 5.32 Å². The Morgan fingerprint density at radius 3 is 2.65 bits per heavy atom. The fourth-order valence-electron chi connectivity index (χ4n) is 2.29. The van der Waals surface area contributed by atoms with Gasteiger partial charge in [-0.15, -0.1) is 10.2 Å². The highest BCUT2D eigenvalue weighted by Crippen LogP contribution is 2.17. The molecule has 0 bridgehead atoms. The van der Waals surface area contributed by atoms with Crippen molar-refractivity contribution >= 4 is 17.4 Å². The minimum Gasteiger partial charge on any atom is -0.326 e. The van der Waals surface area contributed by atoms with Gasteiger partial charge in [0.05, 0.1) is 5.56 Å². The molecule has 3 aromatic rings. The van der Waals surface area contributed by atoms with E-state index in [1.54, 1.807) is 6.07 Å². The van der Waals surface area contributed by atoms with E-state index in [9.17, 15) is 18.4 Å². The number of nitrogens with one attached hydrogen (secondary N) is 1. The van der Waals surface area contributed by atoms with E-state index in [0.29, 0.717) is 5.56 Å². The van der Waals surface area contributed by atoms with Crippen molar-refractivity contribution in [3.05, 3.63) is 59.7 Å². The average molecular weight is 357 g/mol. The third-order valence-electron chi connectivity index (χ3n) is 3.41. The Balaban J connectivity index is 1.75. The zero-order chi connectivity index (χ0) is 18.7. The number of carbonyl (C=O) groups excluding carboxylic acids is 2. The van der Waals surface area contributed by atoms with Crippen LogP contribution in [0.2, 0.25) is 0 Å². The van der Waals surface area contributed by atoms with E-state index >= 15 is 0 Å². The van der Waals surface area contributed by atoms with E-state index in [0.717, 1.165) is 10.9 Å². The zero-order valence-corrected chi connectivity index (χ0v) is 13.6. The number of Topliss-reactive ketones (excluding diaryl/α,β-unsaturated/α-hetero) is 1. The Kier molecular flexibility index (Phi) is 4.78. The van der Waals surface area contributed by atoms with Gasteiger partial charge in [0, 0.05) is 18.2 Å². The summed E-state index contributed by atoms with van der Waals surface area (Å²) < 4.78 is 27.3. The molecule has 0 saturated heterocycles. The number of carbonyl (C=O) groups is 2. The summed E-state index contributed by atoms with van der Waals surface area (Å²) in [5.74, 6) is -1.98. The van der Waals surface area contributed by atoms with Crippen molar-refractivity contribution in [1.82, 2.24) is 20.2 Å². The standard InChI is InChI=1S/C17H13F2N5O2/c1-10(25)20-13-5-6-14(15(19)8-13)16(26)9-24-22-17(21-23-24)11-3-2-4-12(18)7-11/h2-8H,9H2,1H3,(H,20,25). The Morgan fingerprint density at radius 1 is 1.15 bits per heavy atom. The molecule has 1 N–H and O–H groups in total. The van der Waals surface area contributed by atoms with Crippen LogP contribution in [0.3, 0.4) is 0 Å². The summed E-state index contributed by atoms with van der Waals surface area (Å²) in [7, 11) is 0. The maximum atomic E-state index is 14.1. The van der Waals surface area contributed by atoms with Crippen molar-refractivity contribution in [2.24, 2.45) is 0 Å². The third-order valence-corrected chi connectivity index (χ3v) is 3.41. The summed E-state index contributed by atoms with van der Waals surface area (Å²) >= 11 is 0. The zero-order valence-electron chi connectivity index (χ0n) is 13.6. The van der Waals surface area contributed by atoms with Gasteiger partial charge in [0.1, 0.15) is 18.2 Å². The molecule has 1 heterocycles. The van der Waals surface area contributed by atoms with Gasteiger partial charge in [-0.1, -0.05) is 12.1 Å². The third kappa shape index (κ3) is 3.94. The molecule has 2 aromatic carbocycles. The molecule has 1 amide bonds. The molecule has 0 fully saturated rings. The molecule has 9 heteroatoms. The van der Waals surface area contributed by atoms with Crippen molar-refractivity contribution in [3.63, 3.8) is 0 Å². The van der Waals surface area contributed by atoms with E-state index in [2.05, 4.69) is 20.7 Å². The number of ketones is 1. The minimum atomic E-state index is -0.772. The van der Waals surface area contributed by atoms with E-state index in [1.165, 1.54) is 37.3 Å². The number of aromatic nitrogens is 4. The van der Waals surface area contributed by atoms with Crippen molar-refractivity contribution in [3.8, 4) is 11.4 Å². The maximum Gasteiger partial charge on any atom is 0.221 e. The molecule has 0 aliphatic carbocycles. The van der Waals surface area contributed by atoms with Gasteiger partial charge in [0.25, 0.3) is 0 Å². The molecular formula is C17H13F2N5O2. The van der Waals surface area contributed by atoms with Crippen LogP contribution in [0.5, 0.6) is 0 Å². The van der Waals surface area contributed by atoms with Gasteiger partial charge in [-0.25, -0.2) is 8.78 Å². The predicted molar refractivity (Wildman–Crippen MR) is 88.2 cm³/mol. The Bertz CT molecular complexity index is 987. The molecule has 26 heavy (non-hydrogen) atoms. The summed E-state index contributed by atoms with van der Waals surface area (Å²) in [4.78, 5) is 24.2. The average Bonchev–Trinajstić information content (AvgIpc) is 3.02. The predicted octanol–water partition coefficient (Wildman–Crippen LogP) is 2.46. The number of amides is 1. The monoisotopic (exact) mass is 357 g/mol. The second-order valence-corrected chi connectivity index (χ2v) is 5.45. The quantitative estimate of drug-likeness (QED) is 0.709. The van der Waals surface area contributed by atoms with Crippen molar-refractivity contribution in [2.75, 3.05) is 5.32 Å². The van der Waals surface area contributed by atoms with Crippen molar-refractivity contribution < 1.29 is 18.4 Å². The lowest BCUT2D eigenvalue weighted by atomic mass is 10.1. The Hall–Kier alpha value is -3.49. The lowest BCUT2D eigenvalue weighted by molar-refractivity contribution is -0.114. The number of hydrogen-bond donors (Lipinski definition) is 1. The van der Waals surface area contributed by atoms with Gasteiger partial charge in [0.2, 0.25) is 11.7 Å². The number of rotatable bonds is 5. The number of anilines is 1. The van der Waals surface area contributed by atoms with E-state index in [1.807, 2.05) is 0 Å². The van der Waals surface area contributed by atoms with Gasteiger partial charge in [-0.3, -0.25) is 9.59 Å². The highest BCUT2D eigenvalue weighted by atomic mass is 19.1. The fraction of sp³-hybridized carbons (Fsp3) is 0.118. The van der Waals surface area contributed by atoms with Crippen molar-refractivity contribution in [1.29, 1.82) is 0 Å². The molecule has 3 rings (SSSR count). The molecule has 7 nitrogen and oxygen atoms in total.